The Morgan fingerprint density at radius 3 is 1.67 bits per heavy atom. The SMILES string of the molecule is C=COC(=O)Cl.C=COC(C)=O. The van der Waals surface area contributed by atoms with Gasteiger partial charge in [-0.2, -0.15) is 0 Å². The number of hydrogen-bond acceptors (Lipinski definition) is 4. The van der Waals surface area contributed by atoms with Crippen molar-refractivity contribution in [2.75, 3.05) is 0 Å². The Labute approximate surface area is 75.4 Å². The number of rotatable bonds is 2. The van der Waals surface area contributed by atoms with E-state index in [0.29, 0.717) is 0 Å². The van der Waals surface area contributed by atoms with E-state index in [0.717, 1.165) is 12.5 Å². The largest absolute Gasteiger partial charge is 0.435 e. The van der Waals surface area contributed by atoms with Gasteiger partial charge in [0.15, 0.2) is 0 Å². The van der Waals surface area contributed by atoms with Crippen molar-refractivity contribution in [1.29, 1.82) is 0 Å². The molecular formula is C7H9ClO4. The van der Waals surface area contributed by atoms with E-state index < -0.39 is 5.43 Å². The molecule has 0 aromatic carbocycles. The van der Waals surface area contributed by atoms with Gasteiger partial charge in [0.25, 0.3) is 0 Å². The maximum atomic E-state index is 9.75. The third-order valence-corrected chi connectivity index (χ3v) is 0.514. The molecule has 4 nitrogen and oxygen atoms in total. The zero-order valence-corrected chi connectivity index (χ0v) is 7.34. The summed E-state index contributed by atoms with van der Waals surface area (Å²) < 4.78 is 8.10. The standard InChI is InChI=1S/C4H6O2.C3H3ClO2/c1-3-6-4(2)5;1-2-6-3(4)5/h3H,1H2,2H3;2H,1H2. The van der Waals surface area contributed by atoms with Crippen LogP contribution in [0.5, 0.6) is 0 Å². The number of halogens is 1. The van der Waals surface area contributed by atoms with Crippen molar-refractivity contribution in [2.45, 2.75) is 6.92 Å². The van der Waals surface area contributed by atoms with Crippen LogP contribution in [0.15, 0.2) is 25.7 Å². The first kappa shape index (κ1) is 13.3. The normalized spacial score (nSPS) is 6.83. The van der Waals surface area contributed by atoms with E-state index in [1.54, 1.807) is 0 Å². The van der Waals surface area contributed by atoms with Crippen LogP contribution in [0.3, 0.4) is 0 Å². The van der Waals surface area contributed by atoms with Gasteiger partial charge in [-0.1, -0.05) is 13.2 Å². The van der Waals surface area contributed by atoms with Gasteiger partial charge in [0.2, 0.25) is 0 Å². The van der Waals surface area contributed by atoms with Crippen LogP contribution in [-0.4, -0.2) is 11.4 Å². The van der Waals surface area contributed by atoms with E-state index in [2.05, 4.69) is 34.2 Å². The van der Waals surface area contributed by atoms with Gasteiger partial charge in [-0.05, 0) is 0 Å². The molecule has 0 rings (SSSR count). The summed E-state index contributed by atoms with van der Waals surface area (Å²) in [6.45, 7) is 7.55. The van der Waals surface area contributed by atoms with Gasteiger partial charge >= 0.3 is 11.4 Å². The van der Waals surface area contributed by atoms with Gasteiger partial charge in [-0.15, -0.1) is 0 Å². The molecule has 0 spiro atoms. The maximum absolute atomic E-state index is 9.75. The molecule has 0 aromatic heterocycles. The molecule has 0 saturated heterocycles. The molecule has 0 amide bonds. The number of carbonyl (C=O) groups is 2. The molecule has 0 atom stereocenters. The van der Waals surface area contributed by atoms with Gasteiger partial charge < -0.3 is 9.47 Å². The van der Waals surface area contributed by atoms with Crippen molar-refractivity contribution in [3.63, 3.8) is 0 Å². The fraction of sp³-hybridized carbons (Fsp3) is 0.143. The molecule has 0 aliphatic rings. The molecule has 0 unspecified atom stereocenters. The molecule has 0 radical (unpaired) electrons. The second-order valence-corrected chi connectivity index (χ2v) is 1.61. The van der Waals surface area contributed by atoms with Crippen molar-refractivity contribution in [2.24, 2.45) is 0 Å². The van der Waals surface area contributed by atoms with Crippen molar-refractivity contribution in [3.05, 3.63) is 25.7 Å². The molecule has 0 aliphatic heterocycles. The summed E-state index contributed by atoms with van der Waals surface area (Å²) in [6, 6.07) is 0. The van der Waals surface area contributed by atoms with Gasteiger partial charge in [-0.25, -0.2) is 4.79 Å². The first-order valence-electron chi connectivity index (χ1n) is 2.79. The summed E-state index contributed by atoms with van der Waals surface area (Å²) in [4.78, 5) is 19.3. The highest BCUT2D eigenvalue weighted by atomic mass is 35.5. The van der Waals surface area contributed by atoms with Gasteiger partial charge in [0, 0.05) is 18.5 Å². The lowest BCUT2D eigenvalue weighted by atomic mass is 10.8. The van der Waals surface area contributed by atoms with Gasteiger partial charge in [0.05, 0.1) is 12.5 Å². The Morgan fingerprint density at radius 1 is 1.25 bits per heavy atom. The van der Waals surface area contributed by atoms with Crippen LogP contribution in [0.1, 0.15) is 6.92 Å². The van der Waals surface area contributed by atoms with Gasteiger partial charge in [0.1, 0.15) is 0 Å². The van der Waals surface area contributed by atoms with E-state index in [1.165, 1.54) is 6.92 Å². The van der Waals surface area contributed by atoms with Crippen molar-refractivity contribution < 1.29 is 19.1 Å². The zero-order valence-electron chi connectivity index (χ0n) is 6.58. The fourth-order valence-electron chi connectivity index (χ4n) is 0.183. The van der Waals surface area contributed by atoms with Crippen molar-refractivity contribution >= 4 is 23.0 Å². The monoisotopic (exact) mass is 192 g/mol. The predicted octanol–water partition coefficient (Wildman–Crippen LogP) is 2.20. The molecule has 12 heavy (non-hydrogen) atoms. The molecular weight excluding hydrogens is 184 g/mol. The summed E-state index contributed by atoms with van der Waals surface area (Å²) in [5.41, 5.74) is -0.856. The topological polar surface area (TPSA) is 52.6 Å². The van der Waals surface area contributed by atoms with Crippen molar-refractivity contribution in [3.8, 4) is 0 Å². The number of esters is 1. The minimum atomic E-state index is -0.856. The highest BCUT2D eigenvalue weighted by Gasteiger charge is 1.83. The molecule has 68 valence electrons. The summed E-state index contributed by atoms with van der Waals surface area (Å²) >= 11 is 4.65. The fourth-order valence-corrected chi connectivity index (χ4v) is 0.246. The van der Waals surface area contributed by atoms with E-state index in [9.17, 15) is 9.59 Å². The summed E-state index contributed by atoms with van der Waals surface area (Å²) in [5.74, 6) is -0.329. The first-order valence-corrected chi connectivity index (χ1v) is 3.17. The third kappa shape index (κ3) is 23.3. The van der Waals surface area contributed by atoms with Crippen LogP contribution in [0, 0.1) is 0 Å². The number of hydrogen-bond donors (Lipinski definition) is 0. The lowest BCUT2D eigenvalue weighted by Crippen LogP contribution is -1.87. The Bertz CT molecular complexity index is 156. The van der Waals surface area contributed by atoms with E-state index in [1.807, 2.05) is 0 Å². The van der Waals surface area contributed by atoms with Crippen molar-refractivity contribution in [1.82, 2.24) is 0 Å². The molecule has 0 heterocycles. The second-order valence-electron chi connectivity index (χ2n) is 1.30. The number of ether oxygens (including phenoxy) is 2. The summed E-state index contributed by atoms with van der Waals surface area (Å²) in [7, 11) is 0. The highest BCUT2D eigenvalue weighted by Crippen LogP contribution is 1.83. The van der Waals surface area contributed by atoms with E-state index in [4.69, 9.17) is 0 Å². The predicted molar refractivity (Wildman–Crippen MR) is 44.5 cm³/mol. The molecule has 0 bridgehead atoms. The molecule has 0 saturated carbocycles. The average Bonchev–Trinajstić information content (AvgIpc) is 1.87. The van der Waals surface area contributed by atoms with Crippen LogP contribution >= 0.6 is 11.6 Å². The van der Waals surface area contributed by atoms with Crippen LogP contribution in [0.4, 0.5) is 4.79 Å². The second kappa shape index (κ2) is 9.71. The van der Waals surface area contributed by atoms with Crippen LogP contribution in [0.2, 0.25) is 0 Å². The Balaban J connectivity index is 0. The Morgan fingerprint density at radius 2 is 1.67 bits per heavy atom. The first-order chi connectivity index (χ1) is 5.54. The molecule has 0 aromatic rings. The molecule has 0 N–H and O–H groups in total. The lowest BCUT2D eigenvalue weighted by Gasteiger charge is -1.83. The summed E-state index contributed by atoms with van der Waals surface area (Å²) in [6.07, 6.45) is 2.07. The molecule has 0 aliphatic carbocycles. The average molecular weight is 193 g/mol. The van der Waals surface area contributed by atoms with E-state index >= 15 is 0 Å². The third-order valence-electron chi connectivity index (χ3n) is 0.425. The highest BCUT2D eigenvalue weighted by molar-refractivity contribution is 6.61. The molecule has 5 heteroatoms. The lowest BCUT2D eigenvalue weighted by molar-refractivity contribution is -0.135. The Kier molecular flexibility index (Phi) is 10.8. The van der Waals surface area contributed by atoms with Gasteiger partial charge in [-0.3, -0.25) is 4.79 Å². The molecule has 0 fully saturated rings. The zero-order chi connectivity index (χ0) is 9.98. The minimum Gasteiger partial charge on any atom is -0.435 e. The van der Waals surface area contributed by atoms with Crippen LogP contribution < -0.4 is 0 Å². The maximum Gasteiger partial charge on any atom is 0.408 e. The van der Waals surface area contributed by atoms with Crippen LogP contribution in [-0.2, 0) is 14.3 Å². The summed E-state index contributed by atoms with van der Waals surface area (Å²) in [5, 5.41) is 0. The quantitative estimate of drug-likeness (QED) is 0.382. The Hall–Kier alpha value is -1.29. The van der Waals surface area contributed by atoms with E-state index in [-0.39, 0.29) is 5.97 Å². The minimum absolute atomic E-state index is 0.329. The smallest absolute Gasteiger partial charge is 0.408 e. The van der Waals surface area contributed by atoms with Crippen LogP contribution in [0.25, 0.3) is 0 Å². The number of carbonyl (C=O) groups excluding carboxylic acids is 2.